The number of aromatic nitrogens is 2. The van der Waals surface area contributed by atoms with Crippen LogP contribution in [0.25, 0.3) is 30.8 Å². The number of unbranched alkanes of at least 4 members (excludes halogenated alkanes) is 2. The van der Waals surface area contributed by atoms with Gasteiger partial charge in [-0.1, -0.05) is 35.8 Å². The van der Waals surface area contributed by atoms with Crippen LogP contribution in [0.4, 0.5) is 0 Å². The molecule has 0 radical (unpaired) electrons. The standard InChI is InChI=1S/C46H42N2O12S2/c1-4-39(50)57-24-8-6-22-55-34-16-10-29(11-17-34)45(52)59-36-20-14-31(26-33(36)28-49)41-47-43-44(61-41)48-42(62-43)32-15-21-37(38(27-32)54-3)60-46(53)30-12-18-35(19-13-30)56-23-7-9-25-58-40(51)5-2/h4-5,10-21,26-27,49H,1-2,6-9,22-25,28H2,3H3. The number of aliphatic hydroxyl groups excluding tert-OH is 1. The van der Waals surface area contributed by atoms with Gasteiger partial charge in [0.25, 0.3) is 0 Å². The van der Waals surface area contributed by atoms with Gasteiger partial charge in [0.05, 0.1) is 51.3 Å². The number of carbonyl (C=O) groups is 4. The predicted octanol–water partition coefficient (Wildman–Crippen LogP) is 8.80. The molecule has 0 fully saturated rings. The van der Waals surface area contributed by atoms with Crippen LogP contribution in [0.5, 0.6) is 28.7 Å². The van der Waals surface area contributed by atoms with E-state index in [-0.39, 0.29) is 31.3 Å². The van der Waals surface area contributed by atoms with E-state index in [1.165, 1.54) is 29.8 Å². The summed E-state index contributed by atoms with van der Waals surface area (Å²) < 4.78 is 38.2. The number of hydrogen-bond acceptors (Lipinski definition) is 16. The zero-order valence-corrected chi connectivity index (χ0v) is 35.3. The molecule has 2 aromatic heterocycles. The second-order valence-corrected chi connectivity index (χ2v) is 15.1. The van der Waals surface area contributed by atoms with Crippen LogP contribution in [0.15, 0.2) is 110 Å². The number of carbonyl (C=O) groups excluding carboxylic acids is 4. The van der Waals surface area contributed by atoms with Crippen LogP contribution >= 0.6 is 22.7 Å². The smallest absolute Gasteiger partial charge is 0.343 e. The van der Waals surface area contributed by atoms with Crippen LogP contribution in [0.1, 0.15) is 52.0 Å². The van der Waals surface area contributed by atoms with Gasteiger partial charge in [-0.3, -0.25) is 0 Å². The van der Waals surface area contributed by atoms with Gasteiger partial charge in [0, 0.05) is 28.8 Å². The molecule has 62 heavy (non-hydrogen) atoms. The molecular formula is C46H42N2O12S2. The fraction of sp³-hybridized carbons (Fsp3) is 0.217. The lowest BCUT2D eigenvalue weighted by Gasteiger charge is -2.11. The Kier molecular flexibility index (Phi) is 15.9. The highest BCUT2D eigenvalue weighted by molar-refractivity contribution is 7.29. The number of methoxy groups -OCH3 is 1. The van der Waals surface area contributed by atoms with Crippen molar-refractivity contribution >= 4 is 56.2 Å². The van der Waals surface area contributed by atoms with Gasteiger partial charge in [0.2, 0.25) is 0 Å². The minimum atomic E-state index is -0.593. The third-order valence-electron chi connectivity index (χ3n) is 8.89. The molecule has 0 bridgehead atoms. The molecule has 0 unspecified atom stereocenters. The molecule has 2 heterocycles. The molecule has 0 spiro atoms. The zero-order chi connectivity index (χ0) is 43.8. The van der Waals surface area contributed by atoms with Gasteiger partial charge in [0.1, 0.15) is 27.3 Å². The Morgan fingerprint density at radius 2 is 1.05 bits per heavy atom. The minimum absolute atomic E-state index is 0.221. The van der Waals surface area contributed by atoms with Crippen LogP contribution in [-0.4, -0.2) is 72.5 Å². The van der Waals surface area contributed by atoms with Gasteiger partial charge in [-0.05, 0) is 111 Å². The van der Waals surface area contributed by atoms with E-state index in [1.807, 2.05) is 0 Å². The number of nitrogens with zero attached hydrogens (tertiary/aromatic N) is 2. The third kappa shape index (κ3) is 12.1. The summed E-state index contributed by atoms with van der Waals surface area (Å²) in [5.41, 5.74) is 2.52. The lowest BCUT2D eigenvalue weighted by molar-refractivity contribution is -0.138. The zero-order valence-electron chi connectivity index (χ0n) is 33.7. The monoisotopic (exact) mass is 878 g/mol. The largest absolute Gasteiger partial charge is 0.494 e. The summed E-state index contributed by atoms with van der Waals surface area (Å²) in [7, 11) is 1.49. The quantitative estimate of drug-likeness (QED) is 0.0296. The van der Waals surface area contributed by atoms with Crippen molar-refractivity contribution in [3.05, 3.63) is 127 Å². The first-order chi connectivity index (χ1) is 30.2. The van der Waals surface area contributed by atoms with E-state index in [9.17, 15) is 24.3 Å². The van der Waals surface area contributed by atoms with Crippen molar-refractivity contribution in [3.8, 4) is 49.9 Å². The van der Waals surface area contributed by atoms with Crippen molar-refractivity contribution in [1.29, 1.82) is 0 Å². The topological polar surface area (TPSA) is 179 Å². The Hall–Kier alpha value is -6.88. The predicted molar refractivity (Wildman–Crippen MR) is 233 cm³/mol. The molecule has 0 saturated heterocycles. The maximum atomic E-state index is 13.0. The van der Waals surface area contributed by atoms with Crippen molar-refractivity contribution in [2.24, 2.45) is 0 Å². The minimum Gasteiger partial charge on any atom is -0.494 e. The van der Waals surface area contributed by atoms with Crippen LogP contribution in [0, 0.1) is 0 Å². The number of hydrogen-bond donors (Lipinski definition) is 1. The summed E-state index contributed by atoms with van der Waals surface area (Å²) in [6.07, 6.45) is 4.89. The summed E-state index contributed by atoms with van der Waals surface area (Å²) in [6.45, 7) is 7.76. The number of benzene rings is 4. The molecular weight excluding hydrogens is 837 g/mol. The SMILES string of the molecule is C=CC(=O)OCCCCOc1ccc(C(=O)Oc2ccc(-c3nc4sc(-c5ccc(OC(=O)c6ccc(OCCCCOC(=O)C=C)cc6)c(OC)c5)nc4s3)cc2CO)cc1. The van der Waals surface area contributed by atoms with E-state index in [0.717, 1.165) is 23.3 Å². The fourth-order valence-corrected chi connectivity index (χ4v) is 7.69. The molecule has 0 aliphatic carbocycles. The van der Waals surface area contributed by atoms with E-state index in [0.29, 0.717) is 92.5 Å². The van der Waals surface area contributed by atoms with E-state index in [1.54, 1.807) is 84.9 Å². The molecule has 0 atom stereocenters. The van der Waals surface area contributed by atoms with Gasteiger partial charge in [-0.2, -0.15) is 0 Å². The lowest BCUT2D eigenvalue weighted by atomic mass is 10.1. The van der Waals surface area contributed by atoms with Crippen LogP contribution < -0.4 is 23.7 Å². The van der Waals surface area contributed by atoms with Crippen LogP contribution in [0.3, 0.4) is 0 Å². The van der Waals surface area contributed by atoms with E-state index >= 15 is 0 Å². The summed E-state index contributed by atoms with van der Waals surface area (Å²) in [6, 6.07) is 23.4. The number of fused-ring (bicyclic) bond motifs is 1. The molecule has 16 heteroatoms. The fourth-order valence-electron chi connectivity index (χ4n) is 5.65. The van der Waals surface area contributed by atoms with Gasteiger partial charge < -0.3 is 38.3 Å². The molecule has 6 aromatic rings. The highest BCUT2D eigenvalue weighted by atomic mass is 32.1. The van der Waals surface area contributed by atoms with Crippen molar-refractivity contribution in [2.75, 3.05) is 33.5 Å². The Bertz CT molecular complexity index is 2330. The average molecular weight is 879 g/mol. The molecule has 4 aromatic carbocycles. The number of aliphatic hydroxyl groups is 1. The highest BCUT2D eigenvalue weighted by Crippen LogP contribution is 2.40. The molecule has 0 saturated carbocycles. The first-order valence-electron chi connectivity index (χ1n) is 19.4. The van der Waals surface area contributed by atoms with Crippen molar-refractivity contribution in [1.82, 2.24) is 9.97 Å². The first-order valence-corrected chi connectivity index (χ1v) is 21.0. The number of ether oxygens (including phenoxy) is 7. The molecule has 0 amide bonds. The van der Waals surface area contributed by atoms with Crippen LogP contribution in [0.2, 0.25) is 0 Å². The summed E-state index contributed by atoms with van der Waals surface area (Å²) in [5, 5.41) is 11.5. The summed E-state index contributed by atoms with van der Waals surface area (Å²) in [5.74, 6) is -0.102. The molecule has 320 valence electrons. The Morgan fingerprint density at radius 3 is 1.52 bits per heavy atom. The van der Waals surface area contributed by atoms with Crippen molar-refractivity contribution in [2.45, 2.75) is 32.3 Å². The Balaban J connectivity index is 1.02. The van der Waals surface area contributed by atoms with Gasteiger partial charge >= 0.3 is 23.9 Å². The maximum Gasteiger partial charge on any atom is 0.343 e. The number of thiazole rings is 2. The van der Waals surface area contributed by atoms with Crippen molar-refractivity contribution < 1.29 is 57.4 Å². The average Bonchev–Trinajstić information content (AvgIpc) is 3.89. The number of rotatable bonds is 22. The molecule has 0 aliphatic rings. The first kappa shape index (κ1) is 44.7. The molecule has 14 nitrogen and oxygen atoms in total. The molecule has 0 aliphatic heterocycles. The number of esters is 4. The summed E-state index contributed by atoms with van der Waals surface area (Å²) in [4.78, 5) is 59.2. The summed E-state index contributed by atoms with van der Waals surface area (Å²) >= 11 is 2.76. The Labute approximate surface area is 364 Å². The Morgan fingerprint density at radius 1 is 0.597 bits per heavy atom. The van der Waals surface area contributed by atoms with Gasteiger partial charge in [0.15, 0.2) is 21.2 Å². The lowest BCUT2D eigenvalue weighted by Crippen LogP contribution is -2.10. The normalized spacial score (nSPS) is 10.7. The van der Waals surface area contributed by atoms with Crippen LogP contribution in [-0.2, 0) is 25.7 Å². The van der Waals surface area contributed by atoms with E-state index < -0.39 is 23.9 Å². The highest BCUT2D eigenvalue weighted by Gasteiger charge is 2.19. The van der Waals surface area contributed by atoms with E-state index in [2.05, 4.69) is 13.2 Å². The third-order valence-corrected chi connectivity index (χ3v) is 11.0. The van der Waals surface area contributed by atoms with Crippen molar-refractivity contribution in [3.63, 3.8) is 0 Å². The second-order valence-electron chi connectivity index (χ2n) is 13.2. The molecule has 6 rings (SSSR count). The van der Waals surface area contributed by atoms with Gasteiger partial charge in [-0.25, -0.2) is 29.1 Å². The molecule has 1 N–H and O–H groups in total. The maximum absolute atomic E-state index is 13.0. The van der Waals surface area contributed by atoms with Gasteiger partial charge in [-0.15, -0.1) is 0 Å². The van der Waals surface area contributed by atoms with E-state index in [4.69, 9.17) is 43.1 Å². The second kappa shape index (κ2) is 22.1.